The zero-order valence-corrected chi connectivity index (χ0v) is 11.5. The number of methoxy groups -OCH3 is 2. The molecule has 0 fully saturated rings. The van der Waals surface area contributed by atoms with Gasteiger partial charge in [0.1, 0.15) is 17.3 Å². The van der Waals surface area contributed by atoms with Crippen molar-refractivity contribution in [3.8, 4) is 22.8 Å². The number of nitrogens with one attached hydrogen (secondary N) is 1. The Morgan fingerprint density at radius 3 is 2.32 bits per heavy atom. The van der Waals surface area contributed by atoms with Crippen LogP contribution in [0.15, 0.2) is 18.2 Å². The van der Waals surface area contributed by atoms with Crippen LogP contribution in [0.25, 0.3) is 11.3 Å². The van der Waals surface area contributed by atoms with E-state index >= 15 is 0 Å². The smallest absolute Gasteiger partial charge is 0.123 e. The van der Waals surface area contributed by atoms with Crippen LogP contribution in [0, 0.1) is 6.92 Å². The van der Waals surface area contributed by atoms with Crippen molar-refractivity contribution in [2.45, 2.75) is 13.3 Å². The van der Waals surface area contributed by atoms with Gasteiger partial charge in [0.2, 0.25) is 0 Å². The summed E-state index contributed by atoms with van der Waals surface area (Å²) in [6.45, 7) is 2.57. The molecule has 5 nitrogen and oxygen atoms in total. The largest absolute Gasteiger partial charge is 0.497 e. The van der Waals surface area contributed by atoms with Gasteiger partial charge in [0.25, 0.3) is 0 Å². The van der Waals surface area contributed by atoms with Crippen molar-refractivity contribution in [3.63, 3.8) is 0 Å². The van der Waals surface area contributed by atoms with Gasteiger partial charge in [-0.05, 0) is 25.6 Å². The van der Waals surface area contributed by atoms with Gasteiger partial charge in [0.15, 0.2) is 0 Å². The lowest BCUT2D eigenvalue weighted by Gasteiger charge is -2.07. The summed E-state index contributed by atoms with van der Waals surface area (Å²) >= 11 is 0. The van der Waals surface area contributed by atoms with Crippen LogP contribution in [-0.4, -0.2) is 30.7 Å². The molecule has 102 valence electrons. The van der Waals surface area contributed by atoms with Crippen molar-refractivity contribution in [1.29, 1.82) is 0 Å². The van der Waals surface area contributed by atoms with Crippen LogP contribution in [0.3, 0.4) is 0 Å². The Labute approximate surface area is 112 Å². The van der Waals surface area contributed by atoms with Gasteiger partial charge in [0, 0.05) is 23.7 Å². The molecule has 0 amide bonds. The zero-order chi connectivity index (χ0) is 13.8. The Bertz CT molecular complexity index is 542. The molecule has 0 radical (unpaired) electrons. The maximum absolute atomic E-state index is 5.55. The number of aromatic nitrogens is 2. The van der Waals surface area contributed by atoms with E-state index in [1.165, 1.54) is 0 Å². The summed E-state index contributed by atoms with van der Waals surface area (Å²) in [7, 11) is 3.27. The molecule has 0 unspecified atom stereocenters. The van der Waals surface area contributed by atoms with Crippen molar-refractivity contribution in [2.75, 3.05) is 20.8 Å². The monoisotopic (exact) mass is 261 g/mol. The summed E-state index contributed by atoms with van der Waals surface area (Å²) in [5, 5.41) is 0. The van der Waals surface area contributed by atoms with E-state index in [0.717, 1.165) is 40.7 Å². The summed E-state index contributed by atoms with van der Waals surface area (Å²) in [6.07, 6.45) is 0.738. The Morgan fingerprint density at radius 1 is 1.16 bits per heavy atom. The number of aromatic amines is 1. The molecule has 5 heteroatoms. The molecule has 2 aromatic rings. The number of H-pyrrole nitrogens is 1. The first-order chi connectivity index (χ1) is 9.17. The highest BCUT2D eigenvalue weighted by atomic mass is 16.5. The predicted octanol–water partition coefficient (Wildman–Crippen LogP) is 1.90. The van der Waals surface area contributed by atoms with Crippen LogP contribution >= 0.6 is 0 Å². The fourth-order valence-corrected chi connectivity index (χ4v) is 2.00. The Morgan fingerprint density at radius 2 is 1.79 bits per heavy atom. The van der Waals surface area contributed by atoms with Gasteiger partial charge in [-0.2, -0.15) is 0 Å². The fraction of sp³-hybridized carbons (Fsp3) is 0.357. The molecule has 0 saturated heterocycles. The lowest BCUT2D eigenvalue weighted by Crippen LogP contribution is -2.03. The molecule has 0 aliphatic carbocycles. The quantitative estimate of drug-likeness (QED) is 0.862. The summed E-state index contributed by atoms with van der Waals surface area (Å²) in [5.41, 5.74) is 8.43. The lowest BCUT2D eigenvalue weighted by molar-refractivity contribution is 0.394. The summed E-state index contributed by atoms with van der Waals surface area (Å²) in [6, 6.07) is 5.72. The van der Waals surface area contributed by atoms with Gasteiger partial charge in [-0.25, -0.2) is 4.98 Å². The first kappa shape index (κ1) is 13.4. The average Bonchev–Trinajstić information content (AvgIpc) is 2.79. The van der Waals surface area contributed by atoms with Crippen LogP contribution in [0.2, 0.25) is 0 Å². The molecule has 1 heterocycles. The molecule has 19 heavy (non-hydrogen) atoms. The number of nitrogens with zero attached hydrogens (tertiary/aromatic N) is 1. The van der Waals surface area contributed by atoms with Gasteiger partial charge < -0.3 is 20.2 Å². The number of hydrogen-bond acceptors (Lipinski definition) is 4. The first-order valence-corrected chi connectivity index (χ1v) is 6.17. The van der Waals surface area contributed by atoms with E-state index in [0.29, 0.717) is 6.54 Å². The van der Waals surface area contributed by atoms with E-state index in [1.807, 2.05) is 25.1 Å². The molecule has 0 saturated carbocycles. The van der Waals surface area contributed by atoms with Crippen LogP contribution in [-0.2, 0) is 6.42 Å². The van der Waals surface area contributed by atoms with Crippen LogP contribution in [0.1, 0.15) is 11.5 Å². The van der Waals surface area contributed by atoms with E-state index < -0.39 is 0 Å². The normalized spacial score (nSPS) is 10.5. The second-order valence-electron chi connectivity index (χ2n) is 4.30. The minimum atomic E-state index is 0.577. The van der Waals surface area contributed by atoms with E-state index in [4.69, 9.17) is 15.2 Å². The molecule has 0 bridgehead atoms. The summed E-state index contributed by atoms with van der Waals surface area (Å²) in [5.74, 6) is 2.39. The number of hydrogen-bond donors (Lipinski definition) is 2. The van der Waals surface area contributed by atoms with Crippen molar-refractivity contribution in [1.82, 2.24) is 9.97 Å². The van der Waals surface area contributed by atoms with Crippen molar-refractivity contribution >= 4 is 0 Å². The molecule has 1 aromatic carbocycles. The van der Waals surface area contributed by atoms with Gasteiger partial charge in [0.05, 0.1) is 19.9 Å². The van der Waals surface area contributed by atoms with Crippen molar-refractivity contribution < 1.29 is 9.47 Å². The maximum Gasteiger partial charge on any atom is 0.123 e. The number of nitrogens with two attached hydrogens (primary N) is 1. The predicted molar refractivity (Wildman–Crippen MR) is 74.6 cm³/mol. The molecule has 0 spiro atoms. The highest BCUT2D eigenvalue weighted by Gasteiger charge is 2.11. The van der Waals surface area contributed by atoms with E-state index in [2.05, 4.69) is 9.97 Å². The molecule has 0 atom stereocenters. The van der Waals surface area contributed by atoms with E-state index in [-0.39, 0.29) is 0 Å². The average molecular weight is 261 g/mol. The molecule has 2 rings (SSSR count). The molecule has 0 aliphatic rings. The third-order valence-electron chi connectivity index (χ3n) is 2.94. The Balaban J connectivity index is 2.45. The summed E-state index contributed by atoms with van der Waals surface area (Å²) < 4.78 is 10.6. The maximum atomic E-state index is 5.55. The highest BCUT2D eigenvalue weighted by molar-refractivity contribution is 5.66. The first-order valence-electron chi connectivity index (χ1n) is 6.17. The lowest BCUT2D eigenvalue weighted by atomic mass is 10.1. The van der Waals surface area contributed by atoms with Gasteiger partial charge in [-0.1, -0.05) is 0 Å². The standard InChI is InChI=1S/C14H19N3O2/c1-9-14(17-13(16-9)4-5-15)10-6-11(18-2)8-12(7-10)19-3/h6-8H,4-5,15H2,1-3H3,(H,16,17). The molecule has 3 N–H and O–H groups in total. The number of ether oxygens (including phenoxy) is 2. The second kappa shape index (κ2) is 5.75. The number of aryl methyl sites for hydroxylation is 1. The zero-order valence-electron chi connectivity index (χ0n) is 11.5. The van der Waals surface area contributed by atoms with Crippen LogP contribution < -0.4 is 15.2 Å². The van der Waals surface area contributed by atoms with Crippen molar-refractivity contribution in [2.24, 2.45) is 5.73 Å². The minimum Gasteiger partial charge on any atom is -0.497 e. The Hall–Kier alpha value is -2.01. The fourth-order valence-electron chi connectivity index (χ4n) is 2.00. The van der Waals surface area contributed by atoms with E-state index in [1.54, 1.807) is 14.2 Å². The minimum absolute atomic E-state index is 0.577. The van der Waals surface area contributed by atoms with E-state index in [9.17, 15) is 0 Å². The number of imidazole rings is 1. The molecule has 1 aromatic heterocycles. The Kier molecular flexibility index (Phi) is 4.06. The second-order valence-corrected chi connectivity index (χ2v) is 4.30. The third kappa shape index (κ3) is 2.88. The van der Waals surface area contributed by atoms with Gasteiger partial charge >= 0.3 is 0 Å². The van der Waals surface area contributed by atoms with Gasteiger partial charge in [-0.15, -0.1) is 0 Å². The molecular weight excluding hydrogens is 242 g/mol. The van der Waals surface area contributed by atoms with Crippen LogP contribution in [0.5, 0.6) is 11.5 Å². The third-order valence-corrected chi connectivity index (χ3v) is 2.94. The number of benzene rings is 1. The molecular formula is C14H19N3O2. The van der Waals surface area contributed by atoms with Crippen LogP contribution in [0.4, 0.5) is 0 Å². The van der Waals surface area contributed by atoms with Gasteiger partial charge in [-0.3, -0.25) is 0 Å². The topological polar surface area (TPSA) is 73.2 Å². The number of rotatable bonds is 5. The summed E-state index contributed by atoms with van der Waals surface area (Å²) in [4.78, 5) is 7.82. The van der Waals surface area contributed by atoms with Crippen molar-refractivity contribution in [3.05, 3.63) is 29.7 Å². The highest BCUT2D eigenvalue weighted by Crippen LogP contribution is 2.30. The molecule has 0 aliphatic heterocycles. The SMILES string of the molecule is COc1cc(OC)cc(-c2nc(CCN)[nH]c2C)c1.